The third-order valence-electron chi connectivity index (χ3n) is 5.71. The second kappa shape index (κ2) is 8.65. The monoisotopic (exact) mass is 454 g/mol. The molecule has 2 aromatic heterocycles. The minimum absolute atomic E-state index is 0.109. The second-order valence-corrected chi connectivity index (χ2v) is 8.53. The van der Waals surface area contributed by atoms with Crippen molar-refractivity contribution in [3.05, 3.63) is 51.9 Å². The Morgan fingerprint density at radius 1 is 1.41 bits per heavy atom. The maximum absolute atomic E-state index is 12.7. The van der Waals surface area contributed by atoms with E-state index in [0.717, 1.165) is 5.69 Å². The van der Waals surface area contributed by atoms with E-state index in [1.165, 1.54) is 4.90 Å². The fraction of sp³-hybridized carbons (Fsp3) is 0.364. The number of halogens is 1. The number of hydrogen-bond acceptors (Lipinski definition) is 6. The highest BCUT2D eigenvalue weighted by atomic mass is 35.5. The fourth-order valence-corrected chi connectivity index (χ4v) is 4.14. The summed E-state index contributed by atoms with van der Waals surface area (Å²) >= 11 is 5.97. The number of amides is 1. The van der Waals surface area contributed by atoms with Crippen LogP contribution in [0, 0.1) is 11.3 Å². The van der Waals surface area contributed by atoms with Gasteiger partial charge in [-0.3, -0.25) is 14.3 Å². The third-order valence-corrected chi connectivity index (χ3v) is 5.96. The van der Waals surface area contributed by atoms with Crippen molar-refractivity contribution in [3.8, 4) is 6.07 Å². The number of anilines is 2. The number of rotatable bonds is 5. The van der Waals surface area contributed by atoms with Gasteiger partial charge in [-0.25, -0.2) is 0 Å². The first-order valence-electron chi connectivity index (χ1n) is 10.2. The molecule has 32 heavy (non-hydrogen) atoms. The molecular weight excluding hydrogens is 432 g/mol. The minimum atomic E-state index is -0.802. The van der Waals surface area contributed by atoms with Crippen LogP contribution in [0.2, 0.25) is 5.02 Å². The summed E-state index contributed by atoms with van der Waals surface area (Å²) in [7, 11) is 3.37. The van der Waals surface area contributed by atoms with Crippen molar-refractivity contribution in [1.29, 1.82) is 5.26 Å². The standard InChI is InChI=1S/C22H23ClN6O3/c1-28(2)21(31)17-7-9-22(10-11-24,13-32-17)29-16-8-12-25-20(30)18(16)19(27-29)26-15-5-3-14(23)4-6-15/h3-6,8,12,17H,7,9-10,13H2,1-2H3,(H,25,30)(H,26,27). The van der Waals surface area contributed by atoms with Crippen LogP contribution in [0.15, 0.2) is 41.3 Å². The number of likely N-dealkylation sites (N-methyl/N-ethyl adjacent to an activating group) is 1. The topological polar surface area (TPSA) is 116 Å². The number of nitrogens with one attached hydrogen (secondary N) is 2. The van der Waals surface area contributed by atoms with Gasteiger partial charge >= 0.3 is 0 Å². The molecule has 10 heteroatoms. The van der Waals surface area contributed by atoms with Gasteiger partial charge in [0.1, 0.15) is 11.5 Å². The summed E-state index contributed by atoms with van der Waals surface area (Å²) in [4.78, 5) is 29.2. The summed E-state index contributed by atoms with van der Waals surface area (Å²) in [5.74, 6) is 0.260. The molecular formula is C22H23ClN6O3. The van der Waals surface area contributed by atoms with Gasteiger partial charge in [0.25, 0.3) is 11.5 Å². The Kier molecular flexibility index (Phi) is 5.91. The number of pyridine rings is 1. The van der Waals surface area contributed by atoms with E-state index in [2.05, 4.69) is 16.4 Å². The zero-order valence-electron chi connectivity index (χ0n) is 17.8. The number of hydrogen-bond donors (Lipinski definition) is 2. The lowest BCUT2D eigenvalue weighted by Crippen LogP contribution is -2.48. The van der Waals surface area contributed by atoms with E-state index in [0.29, 0.717) is 34.6 Å². The molecule has 1 aliphatic heterocycles. The SMILES string of the molecule is CN(C)C(=O)C1CCC(CC#N)(n2nc(Nc3ccc(Cl)cc3)c3c(=O)[nH]ccc32)CO1. The molecule has 0 spiro atoms. The molecule has 1 aliphatic rings. The lowest BCUT2D eigenvalue weighted by molar-refractivity contribution is -0.149. The Morgan fingerprint density at radius 3 is 2.78 bits per heavy atom. The number of carbonyl (C=O) groups excluding carboxylic acids is 1. The van der Waals surface area contributed by atoms with E-state index in [4.69, 9.17) is 21.4 Å². The quantitative estimate of drug-likeness (QED) is 0.612. The van der Waals surface area contributed by atoms with Crippen molar-refractivity contribution in [2.75, 3.05) is 26.0 Å². The van der Waals surface area contributed by atoms with Crippen LogP contribution >= 0.6 is 11.6 Å². The van der Waals surface area contributed by atoms with Crippen LogP contribution in [-0.4, -0.2) is 52.4 Å². The van der Waals surface area contributed by atoms with Gasteiger partial charge in [-0.1, -0.05) is 11.6 Å². The van der Waals surface area contributed by atoms with E-state index in [-0.39, 0.29) is 24.5 Å². The molecule has 166 valence electrons. The maximum Gasteiger partial charge on any atom is 0.261 e. The summed E-state index contributed by atoms with van der Waals surface area (Å²) in [6.45, 7) is 0.134. The van der Waals surface area contributed by atoms with Crippen molar-refractivity contribution in [3.63, 3.8) is 0 Å². The summed E-state index contributed by atoms with van der Waals surface area (Å²) in [6, 6.07) is 11.0. The van der Waals surface area contributed by atoms with Crippen LogP contribution in [0.4, 0.5) is 11.5 Å². The lowest BCUT2D eigenvalue weighted by atomic mass is 9.87. The molecule has 1 fully saturated rings. The van der Waals surface area contributed by atoms with Crippen LogP contribution in [0.25, 0.3) is 10.9 Å². The lowest BCUT2D eigenvalue weighted by Gasteiger charge is -2.39. The summed E-state index contributed by atoms with van der Waals surface area (Å²) in [5, 5.41) is 18.5. The summed E-state index contributed by atoms with van der Waals surface area (Å²) in [6.07, 6.45) is 2.07. The van der Waals surface area contributed by atoms with Crippen molar-refractivity contribution in [2.24, 2.45) is 0 Å². The van der Waals surface area contributed by atoms with Gasteiger partial charge in [0.05, 0.1) is 30.2 Å². The fourth-order valence-electron chi connectivity index (χ4n) is 4.02. The smallest absolute Gasteiger partial charge is 0.261 e. The Morgan fingerprint density at radius 2 is 2.16 bits per heavy atom. The molecule has 0 bridgehead atoms. The van der Waals surface area contributed by atoms with Gasteiger partial charge in [0.15, 0.2) is 5.82 Å². The number of ether oxygens (including phenoxy) is 1. The number of H-pyrrole nitrogens is 1. The normalized spacial score (nSPS) is 20.6. The number of nitrogens with zero attached hydrogens (tertiary/aromatic N) is 4. The molecule has 1 saturated heterocycles. The molecule has 1 amide bonds. The van der Waals surface area contributed by atoms with Gasteiger partial charge in [-0.15, -0.1) is 0 Å². The van der Waals surface area contributed by atoms with Crippen molar-refractivity contribution in [1.82, 2.24) is 19.7 Å². The number of carbonyl (C=O) groups is 1. The first-order chi connectivity index (χ1) is 15.3. The Balaban J connectivity index is 1.76. The third kappa shape index (κ3) is 3.95. The van der Waals surface area contributed by atoms with E-state index >= 15 is 0 Å². The zero-order valence-corrected chi connectivity index (χ0v) is 18.5. The molecule has 0 radical (unpaired) electrons. The molecule has 0 saturated carbocycles. The van der Waals surface area contributed by atoms with Crippen LogP contribution in [-0.2, 0) is 15.1 Å². The van der Waals surface area contributed by atoms with Gasteiger partial charge in [-0.05, 0) is 43.2 Å². The minimum Gasteiger partial charge on any atom is -0.366 e. The van der Waals surface area contributed by atoms with Crippen LogP contribution in [0.1, 0.15) is 19.3 Å². The molecule has 3 heterocycles. The van der Waals surface area contributed by atoms with Gasteiger partial charge < -0.3 is 19.9 Å². The number of nitriles is 1. The average molecular weight is 455 g/mol. The molecule has 0 aliphatic carbocycles. The van der Waals surface area contributed by atoms with E-state index < -0.39 is 11.6 Å². The number of benzene rings is 1. The van der Waals surface area contributed by atoms with E-state index in [9.17, 15) is 14.9 Å². The average Bonchev–Trinajstić information content (AvgIpc) is 3.16. The number of aromatic nitrogens is 3. The highest BCUT2D eigenvalue weighted by Crippen LogP contribution is 2.37. The van der Waals surface area contributed by atoms with Gasteiger partial charge in [0.2, 0.25) is 0 Å². The van der Waals surface area contributed by atoms with Gasteiger partial charge in [-0.2, -0.15) is 10.4 Å². The van der Waals surface area contributed by atoms with Crippen molar-refractivity contribution in [2.45, 2.75) is 30.9 Å². The van der Waals surface area contributed by atoms with Crippen LogP contribution < -0.4 is 10.9 Å². The summed E-state index contributed by atoms with van der Waals surface area (Å²) < 4.78 is 7.62. The molecule has 4 rings (SSSR count). The number of fused-ring (bicyclic) bond motifs is 1. The van der Waals surface area contributed by atoms with Crippen molar-refractivity contribution < 1.29 is 9.53 Å². The predicted octanol–water partition coefficient (Wildman–Crippen LogP) is 3.00. The Bertz CT molecular complexity index is 1230. The second-order valence-electron chi connectivity index (χ2n) is 8.09. The largest absolute Gasteiger partial charge is 0.366 e. The first-order valence-corrected chi connectivity index (χ1v) is 10.6. The summed E-state index contributed by atoms with van der Waals surface area (Å²) in [5.41, 5.74) is 0.204. The highest BCUT2D eigenvalue weighted by molar-refractivity contribution is 6.30. The molecule has 9 nitrogen and oxygen atoms in total. The number of aromatic amines is 1. The molecule has 2 N–H and O–H groups in total. The van der Waals surface area contributed by atoms with Crippen molar-refractivity contribution >= 4 is 39.9 Å². The van der Waals surface area contributed by atoms with Gasteiger partial charge in [0, 0.05) is 31.0 Å². The first kappa shape index (κ1) is 21.9. The molecule has 3 aromatic rings. The Labute approximate surface area is 189 Å². The molecule has 2 atom stereocenters. The Hall–Kier alpha value is -3.35. The maximum atomic E-state index is 12.7. The highest BCUT2D eigenvalue weighted by Gasteiger charge is 2.42. The van der Waals surface area contributed by atoms with Crippen LogP contribution in [0.5, 0.6) is 0 Å². The van der Waals surface area contributed by atoms with Crippen LogP contribution in [0.3, 0.4) is 0 Å². The van der Waals surface area contributed by atoms with E-state index in [1.807, 2.05) is 0 Å². The molecule has 2 unspecified atom stereocenters. The molecule has 1 aromatic carbocycles. The van der Waals surface area contributed by atoms with E-state index in [1.54, 1.807) is 55.3 Å². The zero-order chi connectivity index (χ0) is 22.9. The predicted molar refractivity (Wildman–Crippen MR) is 121 cm³/mol.